The molecule has 2 aromatic rings. The zero-order valence-electron chi connectivity index (χ0n) is 9.68. The molecule has 0 radical (unpaired) electrons. The van der Waals surface area contributed by atoms with Crippen LogP contribution in [0.5, 0.6) is 0 Å². The molecule has 1 aromatic carbocycles. The van der Waals surface area contributed by atoms with Gasteiger partial charge < -0.3 is 0 Å². The van der Waals surface area contributed by atoms with Crippen LogP contribution in [0.25, 0.3) is 5.69 Å². The van der Waals surface area contributed by atoms with Gasteiger partial charge >= 0.3 is 5.69 Å². The number of rotatable bonds is 3. The zero-order chi connectivity index (χ0) is 13.1. The Morgan fingerprint density at radius 1 is 1.44 bits per heavy atom. The Kier molecular flexibility index (Phi) is 3.76. The first kappa shape index (κ1) is 12.8. The highest BCUT2D eigenvalue weighted by atomic mass is 79.9. The van der Waals surface area contributed by atoms with Crippen molar-refractivity contribution in [3.05, 3.63) is 57.5 Å². The lowest BCUT2D eigenvalue weighted by Gasteiger charge is -2.00. The lowest BCUT2D eigenvalue weighted by atomic mass is 10.3. The van der Waals surface area contributed by atoms with Gasteiger partial charge in [0.05, 0.1) is 18.6 Å². The Hall–Kier alpha value is -1.69. The number of hydrogen-bond donors (Lipinski definition) is 0. The van der Waals surface area contributed by atoms with Crippen LogP contribution in [-0.2, 0) is 6.54 Å². The van der Waals surface area contributed by atoms with Crippen molar-refractivity contribution < 1.29 is 4.39 Å². The van der Waals surface area contributed by atoms with Crippen LogP contribution in [0.3, 0.4) is 0 Å². The summed E-state index contributed by atoms with van der Waals surface area (Å²) < 4.78 is 15.8. The zero-order valence-corrected chi connectivity index (χ0v) is 11.3. The summed E-state index contributed by atoms with van der Waals surface area (Å²) in [5, 5.41) is 3.95. The molecule has 0 saturated carbocycles. The Morgan fingerprint density at radius 2 is 2.11 bits per heavy atom. The molecule has 1 heterocycles. The van der Waals surface area contributed by atoms with Crippen molar-refractivity contribution >= 4 is 15.9 Å². The van der Waals surface area contributed by atoms with Gasteiger partial charge in [-0.1, -0.05) is 15.9 Å². The predicted octanol–water partition coefficient (Wildman–Crippen LogP) is 2.67. The van der Waals surface area contributed by atoms with E-state index in [9.17, 15) is 9.18 Å². The summed E-state index contributed by atoms with van der Waals surface area (Å²) in [6, 6.07) is 7.28. The van der Waals surface area contributed by atoms with Gasteiger partial charge in [0.25, 0.3) is 0 Å². The molecule has 0 N–H and O–H groups in total. The van der Waals surface area contributed by atoms with Crippen LogP contribution in [0.2, 0.25) is 0 Å². The minimum atomic E-state index is -0.293. The monoisotopic (exact) mass is 311 g/mol. The molecule has 18 heavy (non-hydrogen) atoms. The highest BCUT2D eigenvalue weighted by Crippen LogP contribution is 2.12. The Balaban J connectivity index is 2.37. The first-order chi connectivity index (χ1) is 8.61. The normalized spacial score (nSPS) is 11.8. The van der Waals surface area contributed by atoms with E-state index in [0.29, 0.717) is 11.9 Å². The lowest BCUT2D eigenvalue weighted by Crippen LogP contribution is -2.24. The summed E-state index contributed by atoms with van der Waals surface area (Å²) in [5.41, 5.74) is 0.869. The fraction of sp³-hybridized carbons (Fsp3) is 0.167. The molecule has 0 aliphatic carbocycles. The van der Waals surface area contributed by atoms with Gasteiger partial charge in [-0.05, 0) is 36.8 Å². The van der Waals surface area contributed by atoms with E-state index in [1.54, 1.807) is 19.1 Å². The third-order valence-corrected chi connectivity index (χ3v) is 2.95. The number of benzene rings is 1. The van der Waals surface area contributed by atoms with Crippen molar-refractivity contribution in [1.29, 1.82) is 0 Å². The fourth-order valence-electron chi connectivity index (χ4n) is 1.50. The van der Waals surface area contributed by atoms with Crippen molar-refractivity contribution in [3.8, 4) is 5.69 Å². The summed E-state index contributed by atoms with van der Waals surface area (Å²) in [6.45, 7) is 1.75. The predicted molar refractivity (Wildman–Crippen MR) is 70.4 cm³/mol. The number of aromatic nitrogens is 3. The molecule has 0 saturated heterocycles. The largest absolute Gasteiger partial charge is 0.350 e. The molecule has 4 nitrogen and oxygen atoms in total. The topological polar surface area (TPSA) is 39.8 Å². The lowest BCUT2D eigenvalue weighted by molar-refractivity contribution is 0.620. The smallest absolute Gasteiger partial charge is 0.250 e. The maximum atomic E-state index is 12.3. The van der Waals surface area contributed by atoms with Crippen molar-refractivity contribution in [2.75, 3.05) is 0 Å². The van der Waals surface area contributed by atoms with Crippen LogP contribution in [0.1, 0.15) is 6.92 Å². The van der Waals surface area contributed by atoms with Gasteiger partial charge in [-0.2, -0.15) is 5.10 Å². The van der Waals surface area contributed by atoms with Gasteiger partial charge in [-0.3, -0.25) is 0 Å². The molecule has 6 heteroatoms. The quantitative estimate of drug-likeness (QED) is 0.874. The minimum Gasteiger partial charge on any atom is -0.250 e. The van der Waals surface area contributed by atoms with Crippen LogP contribution < -0.4 is 5.69 Å². The van der Waals surface area contributed by atoms with E-state index in [1.165, 1.54) is 15.6 Å². The highest BCUT2D eigenvalue weighted by Gasteiger charge is 2.07. The molecule has 1 aromatic heterocycles. The number of allylic oxidation sites excluding steroid dienone is 1. The summed E-state index contributed by atoms with van der Waals surface area (Å²) >= 11 is 3.33. The third-order valence-electron chi connectivity index (χ3n) is 2.42. The van der Waals surface area contributed by atoms with Gasteiger partial charge in [0.1, 0.15) is 6.33 Å². The van der Waals surface area contributed by atoms with Crippen LogP contribution in [0.15, 0.2) is 51.8 Å². The maximum Gasteiger partial charge on any atom is 0.350 e. The van der Waals surface area contributed by atoms with E-state index < -0.39 is 0 Å². The van der Waals surface area contributed by atoms with Gasteiger partial charge in [-0.15, -0.1) is 0 Å². The molecular weight excluding hydrogens is 301 g/mol. The first-order valence-electron chi connectivity index (χ1n) is 5.28. The number of halogens is 2. The van der Waals surface area contributed by atoms with E-state index in [2.05, 4.69) is 21.0 Å². The molecular formula is C12H11BrFN3O. The Bertz CT molecular complexity index is 628. The van der Waals surface area contributed by atoms with Crippen LogP contribution in [-0.4, -0.2) is 14.3 Å². The summed E-state index contributed by atoms with van der Waals surface area (Å²) in [5.74, 6) is 0. The molecule has 0 aliphatic rings. The second-order valence-electron chi connectivity index (χ2n) is 3.87. The molecule has 0 atom stereocenters. The van der Waals surface area contributed by atoms with Crippen molar-refractivity contribution in [2.24, 2.45) is 0 Å². The van der Waals surface area contributed by atoms with Crippen molar-refractivity contribution in [1.82, 2.24) is 14.3 Å². The Labute approximate surface area is 111 Å². The molecule has 2 rings (SSSR count). The van der Waals surface area contributed by atoms with Gasteiger partial charge in [0, 0.05) is 4.47 Å². The van der Waals surface area contributed by atoms with Crippen LogP contribution in [0.4, 0.5) is 4.39 Å². The van der Waals surface area contributed by atoms with Crippen LogP contribution >= 0.6 is 15.9 Å². The molecule has 0 unspecified atom stereocenters. The molecule has 0 aliphatic heterocycles. The van der Waals surface area contributed by atoms with E-state index in [0.717, 1.165) is 10.2 Å². The molecule has 0 fully saturated rings. The number of hydrogen-bond acceptors (Lipinski definition) is 2. The maximum absolute atomic E-state index is 12.3. The van der Waals surface area contributed by atoms with Crippen molar-refractivity contribution in [3.63, 3.8) is 0 Å². The summed E-state index contributed by atoms with van der Waals surface area (Å²) in [6.07, 6.45) is 1.90. The molecule has 0 amide bonds. The average Bonchev–Trinajstić information content (AvgIpc) is 2.72. The third kappa shape index (κ3) is 2.59. The van der Waals surface area contributed by atoms with E-state index in [-0.39, 0.29) is 12.2 Å². The highest BCUT2D eigenvalue weighted by molar-refractivity contribution is 9.10. The van der Waals surface area contributed by atoms with E-state index in [1.807, 2.05) is 12.1 Å². The average molecular weight is 312 g/mol. The van der Waals surface area contributed by atoms with Gasteiger partial charge in [0.2, 0.25) is 0 Å². The van der Waals surface area contributed by atoms with Crippen LogP contribution in [0, 0.1) is 0 Å². The van der Waals surface area contributed by atoms with Crippen molar-refractivity contribution in [2.45, 2.75) is 13.5 Å². The van der Waals surface area contributed by atoms with E-state index in [4.69, 9.17) is 0 Å². The second kappa shape index (κ2) is 5.30. The van der Waals surface area contributed by atoms with Gasteiger partial charge in [-0.25, -0.2) is 18.4 Å². The minimum absolute atomic E-state index is 0.152. The molecule has 0 bridgehead atoms. The van der Waals surface area contributed by atoms with E-state index >= 15 is 0 Å². The number of nitrogens with zero attached hydrogens (tertiary/aromatic N) is 3. The SMILES string of the molecule is C/C(=C/F)Cn1ncn(-c2ccc(Br)cc2)c1=O. The standard InChI is InChI=1S/C12H11BrFN3O/c1-9(6-14)7-17-12(18)16(8-15-17)11-4-2-10(13)3-5-11/h2-6,8H,7H2,1H3/b9-6-. The second-order valence-corrected chi connectivity index (χ2v) is 4.79. The van der Waals surface area contributed by atoms with Gasteiger partial charge in [0.15, 0.2) is 0 Å². The molecule has 94 valence electrons. The molecule has 0 spiro atoms. The summed E-state index contributed by atoms with van der Waals surface area (Å²) in [7, 11) is 0. The fourth-order valence-corrected chi connectivity index (χ4v) is 1.76. The Morgan fingerprint density at radius 3 is 2.72 bits per heavy atom. The first-order valence-corrected chi connectivity index (χ1v) is 6.07. The summed E-state index contributed by atoms with van der Waals surface area (Å²) in [4.78, 5) is 12.0.